The second kappa shape index (κ2) is 7.70. The van der Waals surface area contributed by atoms with Crippen molar-refractivity contribution in [2.24, 2.45) is 0 Å². The van der Waals surface area contributed by atoms with E-state index in [0.29, 0.717) is 21.7 Å². The molecule has 3 rings (SSSR count). The Morgan fingerprint density at radius 3 is 2.58 bits per heavy atom. The molecule has 1 aromatic heterocycles. The standard InChI is InChI=1S/C18H17ClF2N4O/c1-11(10-22-18(26)23-13-8-6-12(19)7-9-13)16-24-14-4-2-3-5-15(14)25(16)17(20)21/h2-9,11,17H,10H2,1H3,(H2,22,23,26). The van der Waals surface area contributed by atoms with Crippen molar-refractivity contribution in [3.8, 4) is 0 Å². The van der Waals surface area contributed by atoms with E-state index in [0.717, 1.165) is 4.57 Å². The minimum Gasteiger partial charge on any atom is -0.337 e. The lowest BCUT2D eigenvalue weighted by molar-refractivity contribution is 0.0705. The third kappa shape index (κ3) is 3.94. The van der Waals surface area contributed by atoms with Gasteiger partial charge < -0.3 is 10.6 Å². The summed E-state index contributed by atoms with van der Waals surface area (Å²) in [5, 5.41) is 5.89. The molecular formula is C18H17ClF2N4O. The number of fused-ring (bicyclic) bond motifs is 1. The average molecular weight is 379 g/mol. The third-order valence-electron chi connectivity index (χ3n) is 3.93. The molecule has 0 radical (unpaired) electrons. The van der Waals surface area contributed by atoms with Crippen LogP contribution in [0.5, 0.6) is 0 Å². The molecule has 2 aromatic carbocycles. The van der Waals surface area contributed by atoms with Gasteiger partial charge in [-0.05, 0) is 36.4 Å². The van der Waals surface area contributed by atoms with E-state index in [1.807, 2.05) is 0 Å². The van der Waals surface area contributed by atoms with Gasteiger partial charge in [-0.25, -0.2) is 9.78 Å². The molecule has 0 aliphatic rings. The van der Waals surface area contributed by atoms with Gasteiger partial charge >= 0.3 is 12.6 Å². The van der Waals surface area contributed by atoms with E-state index in [2.05, 4.69) is 15.6 Å². The van der Waals surface area contributed by atoms with Crippen molar-refractivity contribution >= 4 is 34.4 Å². The minimum absolute atomic E-state index is 0.162. The fourth-order valence-electron chi connectivity index (χ4n) is 2.66. The molecule has 2 amide bonds. The van der Waals surface area contributed by atoms with Crippen molar-refractivity contribution in [2.75, 3.05) is 11.9 Å². The van der Waals surface area contributed by atoms with E-state index in [1.165, 1.54) is 0 Å². The van der Waals surface area contributed by atoms with Crippen molar-refractivity contribution in [3.05, 3.63) is 59.4 Å². The number of hydrogen-bond acceptors (Lipinski definition) is 2. The normalized spacial score (nSPS) is 12.3. The number of rotatable bonds is 5. The Balaban J connectivity index is 1.69. The predicted molar refractivity (Wildman–Crippen MR) is 97.9 cm³/mol. The van der Waals surface area contributed by atoms with Gasteiger partial charge in [-0.15, -0.1) is 0 Å². The molecule has 1 heterocycles. The number of aromatic nitrogens is 2. The first kappa shape index (κ1) is 18.1. The molecule has 1 unspecified atom stereocenters. The average Bonchev–Trinajstić information content (AvgIpc) is 3.01. The number of alkyl halides is 2. The van der Waals surface area contributed by atoms with Crippen LogP contribution in [0.15, 0.2) is 48.5 Å². The second-order valence-electron chi connectivity index (χ2n) is 5.85. The molecule has 0 bridgehead atoms. The second-order valence-corrected chi connectivity index (χ2v) is 6.29. The molecule has 0 spiro atoms. The Labute approximate surface area is 154 Å². The number of amides is 2. The fraction of sp³-hybridized carbons (Fsp3) is 0.222. The van der Waals surface area contributed by atoms with Gasteiger partial charge in [0.2, 0.25) is 0 Å². The molecule has 0 aliphatic heterocycles. The number of nitrogens with zero attached hydrogens (tertiary/aromatic N) is 2. The highest BCUT2D eigenvalue weighted by molar-refractivity contribution is 6.30. The number of carbonyl (C=O) groups is 1. The van der Waals surface area contributed by atoms with Crippen LogP contribution in [-0.4, -0.2) is 22.1 Å². The fourth-order valence-corrected chi connectivity index (χ4v) is 2.79. The van der Waals surface area contributed by atoms with E-state index in [-0.39, 0.29) is 12.4 Å². The Morgan fingerprint density at radius 1 is 1.19 bits per heavy atom. The summed E-state index contributed by atoms with van der Waals surface area (Å²) in [6, 6.07) is 12.9. The maximum absolute atomic E-state index is 13.5. The van der Waals surface area contributed by atoms with Gasteiger partial charge in [0.1, 0.15) is 5.82 Å². The van der Waals surface area contributed by atoms with Crippen molar-refractivity contribution in [3.63, 3.8) is 0 Å². The predicted octanol–water partition coefficient (Wildman–Crippen LogP) is 5.01. The lowest BCUT2D eigenvalue weighted by Gasteiger charge is -2.15. The Bertz CT molecular complexity index is 911. The number of halogens is 3. The zero-order chi connectivity index (χ0) is 18.7. The summed E-state index contributed by atoms with van der Waals surface area (Å²) in [5.74, 6) is -0.166. The zero-order valence-corrected chi connectivity index (χ0v) is 14.7. The smallest absolute Gasteiger partial charge is 0.320 e. The Morgan fingerprint density at radius 2 is 1.88 bits per heavy atom. The van der Waals surface area contributed by atoms with Gasteiger partial charge in [-0.3, -0.25) is 4.57 Å². The van der Waals surface area contributed by atoms with E-state index in [4.69, 9.17) is 11.6 Å². The molecule has 8 heteroatoms. The molecule has 0 saturated heterocycles. The van der Waals surface area contributed by atoms with Crippen LogP contribution >= 0.6 is 11.6 Å². The molecule has 0 fully saturated rings. The Kier molecular flexibility index (Phi) is 5.37. The van der Waals surface area contributed by atoms with Crippen LogP contribution in [0.2, 0.25) is 5.02 Å². The molecule has 1 atom stereocenters. The molecule has 2 N–H and O–H groups in total. The number of imidazole rings is 1. The van der Waals surface area contributed by atoms with Gasteiger partial charge in [-0.1, -0.05) is 30.7 Å². The first-order chi connectivity index (χ1) is 12.5. The molecular weight excluding hydrogens is 362 g/mol. The summed E-state index contributed by atoms with van der Waals surface area (Å²) in [7, 11) is 0. The van der Waals surface area contributed by atoms with Crippen molar-refractivity contribution in [1.29, 1.82) is 0 Å². The number of nitrogens with one attached hydrogen (secondary N) is 2. The van der Waals surface area contributed by atoms with Gasteiger partial charge in [0, 0.05) is 23.2 Å². The van der Waals surface area contributed by atoms with Crippen LogP contribution in [0.1, 0.15) is 25.2 Å². The molecule has 0 saturated carbocycles. The first-order valence-electron chi connectivity index (χ1n) is 8.01. The molecule has 26 heavy (non-hydrogen) atoms. The molecule has 3 aromatic rings. The van der Waals surface area contributed by atoms with Crippen LogP contribution in [0.25, 0.3) is 11.0 Å². The number of para-hydroxylation sites is 2. The number of benzene rings is 2. The largest absolute Gasteiger partial charge is 0.337 e. The van der Waals surface area contributed by atoms with Gasteiger partial charge in [0.15, 0.2) is 0 Å². The van der Waals surface area contributed by atoms with Crippen LogP contribution in [-0.2, 0) is 0 Å². The maximum Gasteiger partial charge on any atom is 0.320 e. The highest BCUT2D eigenvalue weighted by Gasteiger charge is 2.22. The quantitative estimate of drug-likeness (QED) is 0.655. The monoisotopic (exact) mass is 378 g/mol. The summed E-state index contributed by atoms with van der Waals surface area (Å²) in [5.41, 5.74) is 1.45. The SMILES string of the molecule is CC(CNC(=O)Nc1ccc(Cl)cc1)c1nc2ccccc2n1C(F)F. The summed E-state index contributed by atoms with van der Waals surface area (Å²) < 4.78 is 27.9. The minimum atomic E-state index is -2.71. The van der Waals surface area contributed by atoms with Gasteiger partial charge in [-0.2, -0.15) is 8.78 Å². The van der Waals surface area contributed by atoms with Gasteiger partial charge in [0.05, 0.1) is 11.0 Å². The summed E-state index contributed by atoms with van der Waals surface area (Å²) in [4.78, 5) is 16.3. The number of hydrogen-bond donors (Lipinski definition) is 2. The van der Waals surface area contributed by atoms with E-state index in [1.54, 1.807) is 55.5 Å². The van der Waals surface area contributed by atoms with Crippen molar-refractivity contribution < 1.29 is 13.6 Å². The molecule has 5 nitrogen and oxygen atoms in total. The molecule has 0 aliphatic carbocycles. The molecule has 136 valence electrons. The summed E-state index contributed by atoms with van der Waals surface area (Å²) >= 11 is 5.79. The highest BCUT2D eigenvalue weighted by Crippen LogP contribution is 2.27. The van der Waals surface area contributed by atoms with E-state index < -0.39 is 18.5 Å². The third-order valence-corrected chi connectivity index (χ3v) is 4.18. The summed E-state index contributed by atoms with van der Waals surface area (Å²) in [6.45, 7) is -0.805. The topological polar surface area (TPSA) is 59.0 Å². The van der Waals surface area contributed by atoms with Crippen LogP contribution < -0.4 is 10.6 Å². The van der Waals surface area contributed by atoms with Crippen molar-refractivity contribution in [2.45, 2.75) is 19.4 Å². The Hall–Kier alpha value is -2.67. The van der Waals surface area contributed by atoms with E-state index >= 15 is 0 Å². The lowest BCUT2D eigenvalue weighted by Crippen LogP contribution is -2.32. The maximum atomic E-state index is 13.5. The van der Waals surface area contributed by atoms with Gasteiger partial charge in [0.25, 0.3) is 0 Å². The highest BCUT2D eigenvalue weighted by atomic mass is 35.5. The number of carbonyl (C=O) groups excluding carboxylic acids is 1. The van der Waals surface area contributed by atoms with Crippen molar-refractivity contribution in [1.82, 2.24) is 14.9 Å². The van der Waals surface area contributed by atoms with E-state index in [9.17, 15) is 13.6 Å². The van der Waals surface area contributed by atoms with Crippen LogP contribution in [0.4, 0.5) is 19.3 Å². The number of anilines is 1. The lowest BCUT2D eigenvalue weighted by atomic mass is 10.1. The zero-order valence-electron chi connectivity index (χ0n) is 13.9. The van der Waals surface area contributed by atoms with Crippen LogP contribution in [0, 0.1) is 0 Å². The van der Waals surface area contributed by atoms with Crippen LogP contribution in [0.3, 0.4) is 0 Å². The first-order valence-corrected chi connectivity index (χ1v) is 8.39. The summed E-state index contributed by atoms with van der Waals surface area (Å²) in [6.07, 6.45) is 0. The number of urea groups is 1.